The van der Waals surface area contributed by atoms with E-state index in [1.807, 2.05) is 11.6 Å². The lowest BCUT2D eigenvalue weighted by atomic mass is 9.97. The summed E-state index contributed by atoms with van der Waals surface area (Å²) in [6, 6.07) is 0.604. The number of nitrogens with one attached hydrogen (secondary N) is 1. The molecule has 0 fully saturated rings. The third-order valence-electron chi connectivity index (χ3n) is 3.84. The smallest absolute Gasteiger partial charge is 0.0847 e. The zero-order valence-corrected chi connectivity index (χ0v) is 14.4. The van der Waals surface area contributed by atoms with Crippen molar-refractivity contribution in [3.05, 3.63) is 16.4 Å². The molecule has 1 unspecified atom stereocenters. The van der Waals surface area contributed by atoms with Crippen molar-refractivity contribution in [1.29, 1.82) is 0 Å². The fraction of sp³-hybridized carbons (Fsp3) is 0.812. The van der Waals surface area contributed by atoms with Crippen molar-refractivity contribution in [1.82, 2.24) is 15.1 Å². The molecule has 0 aromatic carbocycles. The first-order valence-electron chi connectivity index (χ1n) is 7.96. The normalized spacial score (nSPS) is 13.2. The molecule has 1 aromatic rings. The highest BCUT2D eigenvalue weighted by Gasteiger charge is 2.15. The third-order valence-corrected chi connectivity index (χ3v) is 4.33. The molecule has 116 valence electrons. The van der Waals surface area contributed by atoms with Gasteiger partial charge in [0.2, 0.25) is 0 Å². The van der Waals surface area contributed by atoms with Crippen LogP contribution in [0.4, 0.5) is 0 Å². The van der Waals surface area contributed by atoms with Gasteiger partial charge in [0.25, 0.3) is 0 Å². The Kier molecular flexibility index (Phi) is 7.60. The minimum Gasteiger partial charge on any atom is -0.314 e. The van der Waals surface area contributed by atoms with Crippen LogP contribution in [-0.2, 0) is 13.0 Å². The first-order chi connectivity index (χ1) is 9.51. The summed E-state index contributed by atoms with van der Waals surface area (Å²) in [4.78, 5) is 0. The Hall–Kier alpha value is -0.540. The van der Waals surface area contributed by atoms with E-state index in [9.17, 15) is 0 Å². The number of aromatic nitrogens is 2. The van der Waals surface area contributed by atoms with Gasteiger partial charge in [-0.3, -0.25) is 4.68 Å². The van der Waals surface area contributed by atoms with Gasteiger partial charge in [0.1, 0.15) is 0 Å². The molecule has 3 nitrogen and oxygen atoms in total. The SMILES string of the molecule is CCCNC(CCCc1c(Cl)c(C)nn1CC)C(C)C. The monoisotopic (exact) mass is 299 g/mol. The summed E-state index contributed by atoms with van der Waals surface area (Å²) in [5.74, 6) is 0.676. The van der Waals surface area contributed by atoms with Crippen LogP contribution in [0.2, 0.25) is 5.02 Å². The van der Waals surface area contributed by atoms with Gasteiger partial charge in [-0.05, 0) is 52.0 Å². The van der Waals surface area contributed by atoms with Crippen LogP contribution in [-0.4, -0.2) is 22.4 Å². The first kappa shape index (κ1) is 17.5. The third kappa shape index (κ3) is 4.78. The Morgan fingerprint density at radius 1 is 1.30 bits per heavy atom. The zero-order valence-electron chi connectivity index (χ0n) is 13.7. The van der Waals surface area contributed by atoms with Crippen molar-refractivity contribution >= 4 is 11.6 Å². The van der Waals surface area contributed by atoms with E-state index in [0.29, 0.717) is 12.0 Å². The van der Waals surface area contributed by atoms with Crippen molar-refractivity contribution in [3.8, 4) is 0 Å². The summed E-state index contributed by atoms with van der Waals surface area (Å²) < 4.78 is 2.04. The van der Waals surface area contributed by atoms with E-state index in [1.54, 1.807) is 0 Å². The van der Waals surface area contributed by atoms with Gasteiger partial charge in [0.15, 0.2) is 0 Å². The predicted molar refractivity (Wildman–Crippen MR) is 87.5 cm³/mol. The molecule has 0 amide bonds. The molecule has 1 rings (SSSR count). The second-order valence-electron chi connectivity index (χ2n) is 5.86. The minimum absolute atomic E-state index is 0.604. The van der Waals surface area contributed by atoms with E-state index < -0.39 is 0 Å². The summed E-state index contributed by atoms with van der Waals surface area (Å²) in [6.07, 6.45) is 4.56. The largest absolute Gasteiger partial charge is 0.314 e. The van der Waals surface area contributed by atoms with Crippen LogP contribution in [0.15, 0.2) is 0 Å². The second-order valence-corrected chi connectivity index (χ2v) is 6.24. The van der Waals surface area contributed by atoms with Crippen LogP contribution >= 0.6 is 11.6 Å². The molecule has 0 radical (unpaired) electrons. The van der Waals surface area contributed by atoms with Gasteiger partial charge in [-0.1, -0.05) is 32.4 Å². The molecule has 0 bridgehead atoms. The summed E-state index contributed by atoms with van der Waals surface area (Å²) in [6.45, 7) is 12.9. The zero-order chi connectivity index (χ0) is 15.1. The van der Waals surface area contributed by atoms with Crippen molar-refractivity contribution in [2.24, 2.45) is 5.92 Å². The van der Waals surface area contributed by atoms with Crippen LogP contribution in [0.3, 0.4) is 0 Å². The molecule has 0 saturated heterocycles. The van der Waals surface area contributed by atoms with Crippen molar-refractivity contribution in [3.63, 3.8) is 0 Å². The molecule has 0 aliphatic rings. The quantitative estimate of drug-likeness (QED) is 0.740. The Balaban J connectivity index is 2.54. The van der Waals surface area contributed by atoms with Gasteiger partial charge in [-0.25, -0.2) is 0 Å². The molecular weight excluding hydrogens is 270 g/mol. The van der Waals surface area contributed by atoms with Gasteiger partial charge in [0.05, 0.1) is 16.4 Å². The summed E-state index contributed by atoms with van der Waals surface area (Å²) in [5.41, 5.74) is 2.15. The lowest BCUT2D eigenvalue weighted by Crippen LogP contribution is -2.34. The maximum Gasteiger partial charge on any atom is 0.0847 e. The number of halogens is 1. The fourth-order valence-electron chi connectivity index (χ4n) is 2.60. The van der Waals surface area contributed by atoms with Crippen LogP contribution in [0.25, 0.3) is 0 Å². The highest BCUT2D eigenvalue weighted by molar-refractivity contribution is 6.31. The van der Waals surface area contributed by atoms with Gasteiger partial charge in [0, 0.05) is 12.6 Å². The molecule has 0 aliphatic heterocycles. The molecule has 0 aliphatic carbocycles. The van der Waals surface area contributed by atoms with Crippen molar-refractivity contribution < 1.29 is 0 Å². The standard InChI is InChI=1S/C16H30ClN3/c1-6-11-18-14(12(3)4)9-8-10-15-16(17)13(5)19-20(15)7-2/h12,14,18H,6-11H2,1-5H3. The number of hydrogen-bond acceptors (Lipinski definition) is 2. The molecule has 1 atom stereocenters. The van der Waals surface area contributed by atoms with E-state index >= 15 is 0 Å². The highest BCUT2D eigenvalue weighted by atomic mass is 35.5. The number of nitrogens with zero attached hydrogens (tertiary/aromatic N) is 2. The molecular formula is C16H30ClN3. The first-order valence-corrected chi connectivity index (χ1v) is 8.34. The van der Waals surface area contributed by atoms with E-state index in [1.165, 1.54) is 18.5 Å². The van der Waals surface area contributed by atoms with Crippen molar-refractivity contribution in [2.75, 3.05) is 6.54 Å². The molecule has 1 heterocycles. The average Bonchev–Trinajstić information content (AvgIpc) is 2.69. The fourth-order valence-corrected chi connectivity index (χ4v) is 2.83. The van der Waals surface area contributed by atoms with Crippen LogP contribution < -0.4 is 5.32 Å². The van der Waals surface area contributed by atoms with Gasteiger partial charge < -0.3 is 5.32 Å². The number of rotatable bonds is 9. The van der Waals surface area contributed by atoms with Gasteiger partial charge in [-0.2, -0.15) is 5.10 Å². The second kappa shape index (κ2) is 8.68. The highest BCUT2D eigenvalue weighted by Crippen LogP contribution is 2.22. The van der Waals surface area contributed by atoms with E-state index in [4.69, 9.17) is 11.6 Å². The van der Waals surface area contributed by atoms with E-state index in [2.05, 4.69) is 38.1 Å². The number of hydrogen-bond donors (Lipinski definition) is 1. The lowest BCUT2D eigenvalue weighted by molar-refractivity contribution is 0.369. The summed E-state index contributed by atoms with van der Waals surface area (Å²) in [5, 5.41) is 8.98. The minimum atomic E-state index is 0.604. The lowest BCUT2D eigenvalue weighted by Gasteiger charge is -2.22. The predicted octanol–water partition coefficient (Wildman–Crippen LogP) is 4.21. The molecule has 20 heavy (non-hydrogen) atoms. The van der Waals surface area contributed by atoms with E-state index in [0.717, 1.165) is 36.6 Å². The van der Waals surface area contributed by atoms with Crippen LogP contribution in [0, 0.1) is 12.8 Å². The Labute approximate surface area is 129 Å². The molecule has 0 saturated carbocycles. The Bertz CT molecular complexity index is 399. The molecule has 0 spiro atoms. The maximum atomic E-state index is 6.36. The van der Waals surface area contributed by atoms with Gasteiger partial charge >= 0.3 is 0 Å². The molecule has 1 N–H and O–H groups in total. The van der Waals surface area contributed by atoms with Crippen molar-refractivity contribution in [2.45, 2.75) is 72.9 Å². The number of aryl methyl sites for hydroxylation is 2. The maximum absolute atomic E-state index is 6.36. The summed E-state index contributed by atoms with van der Waals surface area (Å²) >= 11 is 6.36. The average molecular weight is 300 g/mol. The summed E-state index contributed by atoms with van der Waals surface area (Å²) in [7, 11) is 0. The molecule has 4 heteroatoms. The van der Waals surface area contributed by atoms with Crippen LogP contribution in [0.1, 0.15) is 58.3 Å². The topological polar surface area (TPSA) is 29.9 Å². The van der Waals surface area contributed by atoms with Crippen LogP contribution in [0.5, 0.6) is 0 Å². The Morgan fingerprint density at radius 2 is 2.00 bits per heavy atom. The molecule has 1 aromatic heterocycles. The Morgan fingerprint density at radius 3 is 2.55 bits per heavy atom. The van der Waals surface area contributed by atoms with E-state index in [-0.39, 0.29) is 0 Å². The van der Waals surface area contributed by atoms with Gasteiger partial charge in [-0.15, -0.1) is 0 Å².